The van der Waals surface area contributed by atoms with E-state index in [4.69, 9.17) is 9.73 Å². The molecule has 0 aromatic carbocycles. The molecule has 2 aliphatic rings. The van der Waals surface area contributed by atoms with Crippen molar-refractivity contribution >= 4 is 35.8 Å². The Morgan fingerprint density at radius 2 is 1.97 bits per heavy atom. The van der Waals surface area contributed by atoms with Gasteiger partial charge in [0.2, 0.25) is 5.91 Å². The molecule has 1 unspecified atom stereocenters. The van der Waals surface area contributed by atoms with Gasteiger partial charge in [-0.15, -0.1) is 24.0 Å². The van der Waals surface area contributed by atoms with E-state index in [0.29, 0.717) is 12.5 Å². The number of guanidine groups is 1. The monoisotopic (exact) mass is 523 g/mol. The van der Waals surface area contributed by atoms with Crippen LogP contribution in [-0.4, -0.2) is 87.7 Å². The third-order valence-electron chi connectivity index (χ3n) is 5.65. The van der Waals surface area contributed by atoms with E-state index in [0.717, 1.165) is 71.0 Å². The summed E-state index contributed by atoms with van der Waals surface area (Å²) in [6, 6.07) is 0. The van der Waals surface area contributed by atoms with Crippen molar-refractivity contribution in [2.45, 2.75) is 52.6 Å². The molecular formula is C21H42IN5O2. The summed E-state index contributed by atoms with van der Waals surface area (Å²) in [7, 11) is 3.69. The lowest BCUT2D eigenvalue weighted by atomic mass is 9.85. The van der Waals surface area contributed by atoms with Crippen LogP contribution in [0.15, 0.2) is 4.99 Å². The third-order valence-corrected chi connectivity index (χ3v) is 5.65. The maximum Gasteiger partial charge on any atom is 0.230 e. The smallest absolute Gasteiger partial charge is 0.230 e. The zero-order valence-corrected chi connectivity index (χ0v) is 21.3. The molecular weight excluding hydrogens is 481 g/mol. The average Bonchev–Trinajstić information content (AvgIpc) is 3.13. The van der Waals surface area contributed by atoms with E-state index in [1.54, 1.807) is 4.90 Å². The quantitative estimate of drug-likeness (QED) is 0.290. The van der Waals surface area contributed by atoms with Gasteiger partial charge in [0.1, 0.15) is 0 Å². The first-order valence-corrected chi connectivity index (χ1v) is 10.9. The van der Waals surface area contributed by atoms with Gasteiger partial charge in [0, 0.05) is 46.8 Å². The molecule has 8 heteroatoms. The van der Waals surface area contributed by atoms with Gasteiger partial charge in [-0.3, -0.25) is 14.7 Å². The molecule has 170 valence electrons. The molecule has 0 bridgehead atoms. The predicted octanol–water partition coefficient (Wildman–Crippen LogP) is 2.16. The van der Waals surface area contributed by atoms with Gasteiger partial charge in [0.05, 0.1) is 24.7 Å². The average molecular weight is 524 g/mol. The Bertz CT molecular complexity index is 521. The molecule has 7 nitrogen and oxygen atoms in total. The number of morpholine rings is 1. The van der Waals surface area contributed by atoms with Crippen molar-refractivity contribution in [3.63, 3.8) is 0 Å². The minimum Gasteiger partial charge on any atom is -0.374 e. The van der Waals surface area contributed by atoms with Crippen molar-refractivity contribution in [1.29, 1.82) is 0 Å². The van der Waals surface area contributed by atoms with Crippen molar-refractivity contribution in [2.75, 3.05) is 60.0 Å². The first-order chi connectivity index (χ1) is 13.4. The summed E-state index contributed by atoms with van der Waals surface area (Å²) in [5.74, 6) is 1.66. The highest BCUT2D eigenvalue weighted by Crippen LogP contribution is 2.39. The fourth-order valence-corrected chi connectivity index (χ4v) is 4.33. The maximum atomic E-state index is 12.8. The van der Waals surface area contributed by atoms with Crippen LogP contribution in [-0.2, 0) is 9.53 Å². The van der Waals surface area contributed by atoms with Gasteiger partial charge < -0.3 is 20.3 Å². The number of amides is 1. The summed E-state index contributed by atoms with van der Waals surface area (Å²) >= 11 is 0. The first-order valence-electron chi connectivity index (χ1n) is 10.9. The fraction of sp³-hybridized carbons (Fsp3) is 0.905. The van der Waals surface area contributed by atoms with Gasteiger partial charge in [-0.2, -0.15) is 0 Å². The molecule has 1 atom stereocenters. The highest BCUT2D eigenvalue weighted by atomic mass is 127. The predicted molar refractivity (Wildman–Crippen MR) is 130 cm³/mol. The van der Waals surface area contributed by atoms with E-state index in [9.17, 15) is 4.79 Å². The lowest BCUT2D eigenvalue weighted by molar-refractivity contribution is -0.138. The number of hydrogen-bond acceptors (Lipinski definition) is 4. The van der Waals surface area contributed by atoms with Crippen molar-refractivity contribution in [2.24, 2.45) is 16.3 Å². The lowest BCUT2D eigenvalue weighted by Crippen LogP contribution is -2.50. The highest BCUT2D eigenvalue weighted by Gasteiger charge is 2.42. The summed E-state index contributed by atoms with van der Waals surface area (Å²) in [5, 5.41) is 6.76. The summed E-state index contributed by atoms with van der Waals surface area (Å²) in [6.45, 7) is 12.5. The number of ether oxygens (including phenoxy) is 1. The Morgan fingerprint density at radius 3 is 2.55 bits per heavy atom. The van der Waals surface area contributed by atoms with Crippen LogP contribution in [0.25, 0.3) is 0 Å². The number of nitrogens with one attached hydrogen (secondary N) is 2. The van der Waals surface area contributed by atoms with Gasteiger partial charge in [-0.25, -0.2) is 0 Å². The van der Waals surface area contributed by atoms with Gasteiger partial charge in [-0.1, -0.05) is 26.7 Å². The van der Waals surface area contributed by atoms with Crippen LogP contribution in [0, 0.1) is 11.3 Å². The van der Waals surface area contributed by atoms with Gasteiger partial charge in [0.15, 0.2) is 5.96 Å². The molecule has 1 aliphatic heterocycles. The molecule has 0 radical (unpaired) electrons. The molecule has 0 aromatic heterocycles. The molecule has 2 fully saturated rings. The lowest BCUT2D eigenvalue weighted by Gasteiger charge is -2.34. The number of halogens is 1. The standard InChI is InChI=1S/C21H41N5O2.HI/c1-6-22-20(23-13-18-15-26(11-12-28-18)14-17(2)3)24-16-21(9-7-8-10-21)19(27)25(4)5;/h17-18H,6-16H2,1-5H3,(H2,22,23,24);1H. The van der Waals surface area contributed by atoms with Crippen molar-refractivity contribution in [3.05, 3.63) is 0 Å². The number of hydrogen-bond donors (Lipinski definition) is 2. The number of carbonyl (C=O) groups is 1. The molecule has 0 spiro atoms. The minimum absolute atomic E-state index is 0. The second-order valence-corrected chi connectivity index (χ2v) is 8.91. The van der Waals surface area contributed by atoms with Gasteiger partial charge >= 0.3 is 0 Å². The number of carbonyl (C=O) groups excluding carboxylic acids is 1. The summed E-state index contributed by atoms with van der Waals surface area (Å²) in [5.41, 5.74) is -0.332. The second kappa shape index (κ2) is 12.9. The van der Waals surface area contributed by atoms with E-state index in [-0.39, 0.29) is 41.4 Å². The summed E-state index contributed by atoms with van der Waals surface area (Å²) in [4.78, 5) is 21.8. The van der Waals surface area contributed by atoms with Crippen molar-refractivity contribution in [1.82, 2.24) is 20.4 Å². The van der Waals surface area contributed by atoms with E-state index in [1.807, 2.05) is 14.1 Å². The van der Waals surface area contributed by atoms with E-state index in [1.165, 1.54) is 0 Å². The topological polar surface area (TPSA) is 69.2 Å². The van der Waals surface area contributed by atoms with Crippen LogP contribution in [0.5, 0.6) is 0 Å². The van der Waals surface area contributed by atoms with Crippen LogP contribution >= 0.6 is 24.0 Å². The molecule has 1 amide bonds. The largest absolute Gasteiger partial charge is 0.374 e. The minimum atomic E-state index is -0.332. The van der Waals surface area contributed by atoms with E-state index < -0.39 is 0 Å². The molecule has 1 aliphatic carbocycles. The Hall–Kier alpha value is -0.610. The molecule has 0 aromatic rings. The number of nitrogens with zero attached hydrogens (tertiary/aromatic N) is 3. The molecule has 2 N–H and O–H groups in total. The Kier molecular flexibility index (Phi) is 11.8. The number of rotatable bonds is 8. The molecule has 1 heterocycles. The molecule has 29 heavy (non-hydrogen) atoms. The Labute approximate surface area is 194 Å². The van der Waals surface area contributed by atoms with Crippen molar-refractivity contribution < 1.29 is 9.53 Å². The van der Waals surface area contributed by atoms with E-state index in [2.05, 4.69) is 36.3 Å². The van der Waals surface area contributed by atoms with Gasteiger partial charge in [-0.05, 0) is 25.7 Å². The SMILES string of the molecule is CCNC(=NCC1(C(=O)N(C)C)CCCC1)NCC1CN(CC(C)C)CCO1.I. The summed E-state index contributed by atoms with van der Waals surface area (Å²) in [6.07, 6.45) is 4.26. The Morgan fingerprint density at radius 1 is 1.28 bits per heavy atom. The second-order valence-electron chi connectivity index (χ2n) is 8.91. The van der Waals surface area contributed by atoms with Crippen LogP contribution in [0.3, 0.4) is 0 Å². The normalized spacial score (nSPS) is 22.3. The zero-order valence-electron chi connectivity index (χ0n) is 19.0. The Balaban J connectivity index is 0.00000420. The summed E-state index contributed by atoms with van der Waals surface area (Å²) < 4.78 is 5.94. The fourth-order valence-electron chi connectivity index (χ4n) is 4.33. The molecule has 1 saturated heterocycles. The molecule has 1 saturated carbocycles. The van der Waals surface area contributed by atoms with E-state index >= 15 is 0 Å². The zero-order chi connectivity index (χ0) is 20.6. The maximum absolute atomic E-state index is 12.8. The van der Waals surface area contributed by atoms with Crippen LogP contribution in [0.1, 0.15) is 46.5 Å². The van der Waals surface area contributed by atoms with Crippen LogP contribution < -0.4 is 10.6 Å². The van der Waals surface area contributed by atoms with Crippen LogP contribution in [0.4, 0.5) is 0 Å². The van der Waals surface area contributed by atoms with Crippen LogP contribution in [0.2, 0.25) is 0 Å². The third kappa shape index (κ3) is 8.20. The van der Waals surface area contributed by atoms with Gasteiger partial charge in [0.25, 0.3) is 0 Å². The molecule has 2 rings (SSSR count). The van der Waals surface area contributed by atoms with Crippen molar-refractivity contribution in [3.8, 4) is 0 Å². The first kappa shape index (κ1) is 26.4. The number of aliphatic imine (C=N–C) groups is 1. The highest BCUT2D eigenvalue weighted by molar-refractivity contribution is 14.0.